The maximum atomic E-state index is 10.6. The van der Waals surface area contributed by atoms with Gasteiger partial charge in [-0.2, -0.15) is 0 Å². The van der Waals surface area contributed by atoms with E-state index in [-0.39, 0.29) is 12.5 Å². The van der Waals surface area contributed by atoms with Gasteiger partial charge >= 0.3 is 5.97 Å². The van der Waals surface area contributed by atoms with Gasteiger partial charge < -0.3 is 5.11 Å². The lowest BCUT2D eigenvalue weighted by Crippen LogP contribution is -2.34. The second-order valence-electron chi connectivity index (χ2n) is 3.87. The molecule has 1 heterocycles. The maximum absolute atomic E-state index is 10.6. The molecule has 0 radical (unpaired) electrons. The van der Waals surface area contributed by atoms with Gasteiger partial charge in [-0.1, -0.05) is 6.92 Å². The minimum atomic E-state index is -0.749. The lowest BCUT2D eigenvalue weighted by atomic mass is 10.1. The molecule has 0 saturated carbocycles. The molecule has 0 fully saturated rings. The highest BCUT2D eigenvalue weighted by molar-refractivity contribution is 5.67. The summed E-state index contributed by atoms with van der Waals surface area (Å²) in [5.41, 5.74) is 1.16. The predicted octanol–water partition coefficient (Wildman–Crippen LogP) is 1.77. The highest BCUT2D eigenvalue weighted by Gasteiger charge is 2.15. The molecule has 0 spiro atoms. The minimum Gasteiger partial charge on any atom is -0.481 e. The van der Waals surface area contributed by atoms with Gasteiger partial charge in [-0.05, 0) is 31.2 Å². The summed E-state index contributed by atoms with van der Waals surface area (Å²) in [6.07, 6.45) is 3.69. The molecule has 0 bridgehead atoms. The Balaban J connectivity index is 2.58. The molecule has 0 aromatic carbocycles. The largest absolute Gasteiger partial charge is 0.481 e. The van der Waals surface area contributed by atoms with Crippen LogP contribution in [0.15, 0.2) is 24.5 Å². The van der Waals surface area contributed by atoms with E-state index in [0.29, 0.717) is 0 Å². The average molecular weight is 222 g/mol. The third kappa shape index (κ3) is 3.98. The average Bonchev–Trinajstić information content (AvgIpc) is 2.26. The number of carbonyl (C=O) groups is 1. The standard InChI is InChI=1S/C12H18N2O2/c1-3-14(10(2)8-12(15)16)9-11-4-6-13-7-5-11/h4-7,10H,3,8-9H2,1-2H3,(H,15,16). The van der Waals surface area contributed by atoms with E-state index < -0.39 is 5.97 Å². The van der Waals surface area contributed by atoms with Crippen molar-refractivity contribution in [2.24, 2.45) is 0 Å². The zero-order valence-corrected chi connectivity index (χ0v) is 9.76. The van der Waals surface area contributed by atoms with Crippen molar-refractivity contribution in [3.05, 3.63) is 30.1 Å². The van der Waals surface area contributed by atoms with Crippen LogP contribution in [-0.4, -0.2) is 33.5 Å². The van der Waals surface area contributed by atoms with Gasteiger partial charge in [0.1, 0.15) is 0 Å². The highest BCUT2D eigenvalue weighted by atomic mass is 16.4. The highest BCUT2D eigenvalue weighted by Crippen LogP contribution is 2.09. The molecule has 1 N–H and O–H groups in total. The number of hydrogen-bond acceptors (Lipinski definition) is 3. The summed E-state index contributed by atoms with van der Waals surface area (Å²) in [6, 6.07) is 3.96. The molecule has 4 heteroatoms. The Kier molecular flexibility index (Phi) is 4.92. The molecule has 0 aliphatic heterocycles. The topological polar surface area (TPSA) is 53.4 Å². The van der Waals surface area contributed by atoms with E-state index in [9.17, 15) is 4.79 Å². The van der Waals surface area contributed by atoms with Crippen molar-refractivity contribution < 1.29 is 9.90 Å². The molecule has 1 aromatic rings. The maximum Gasteiger partial charge on any atom is 0.304 e. The smallest absolute Gasteiger partial charge is 0.304 e. The van der Waals surface area contributed by atoms with Gasteiger partial charge in [-0.25, -0.2) is 0 Å². The van der Waals surface area contributed by atoms with Crippen LogP contribution < -0.4 is 0 Å². The normalized spacial score (nSPS) is 12.7. The first-order valence-corrected chi connectivity index (χ1v) is 5.48. The van der Waals surface area contributed by atoms with Crippen molar-refractivity contribution in [3.63, 3.8) is 0 Å². The van der Waals surface area contributed by atoms with E-state index in [2.05, 4.69) is 9.88 Å². The summed E-state index contributed by atoms with van der Waals surface area (Å²) in [4.78, 5) is 16.7. The number of nitrogens with zero attached hydrogens (tertiary/aromatic N) is 2. The monoisotopic (exact) mass is 222 g/mol. The number of hydrogen-bond donors (Lipinski definition) is 1. The number of rotatable bonds is 6. The SMILES string of the molecule is CCN(Cc1ccncc1)C(C)CC(=O)O. The quantitative estimate of drug-likeness (QED) is 0.797. The van der Waals surface area contributed by atoms with Crippen molar-refractivity contribution in [2.45, 2.75) is 32.9 Å². The fourth-order valence-electron chi connectivity index (χ4n) is 1.68. The molecule has 4 nitrogen and oxygen atoms in total. The first kappa shape index (κ1) is 12.6. The Labute approximate surface area is 95.9 Å². The first-order valence-electron chi connectivity index (χ1n) is 5.48. The van der Waals surface area contributed by atoms with Crippen LogP contribution in [0.4, 0.5) is 0 Å². The van der Waals surface area contributed by atoms with Gasteiger partial charge in [0.2, 0.25) is 0 Å². The fourth-order valence-corrected chi connectivity index (χ4v) is 1.68. The second-order valence-corrected chi connectivity index (χ2v) is 3.87. The van der Waals surface area contributed by atoms with Gasteiger partial charge in [0.05, 0.1) is 6.42 Å². The van der Waals surface area contributed by atoms with E-state index in [0.717, 1.165) is 18.7 Å². The third-order valence-corrected chi connectivity index (χ3v) is 2.63. The molecule has 1 unspecified atom stereocenters. The Hall–Kier alpha value is -1.42. The molecular formula is C12H18N2O2. The van der Waals surface area contributed by atoms with Crippen LogP contribution in [0.5, 0.6) is 0 Å². The summed E-state index contributed by atoms with van der Waals surface area (Å²) in [5, 5.41) is 8.76. The van der Waals surface area contributed by atoms with Crippen molar-refractivity contribution in [2.75, 3.05) is 6.54 Å². The van der Waals surface area contributed by atoms with Crippen molar-refractivity contribution >= 4 is 5.97 Å². The van der Waals surface area contributed by atoms with Gasteiger partial charge in [0, 0.05) is 25.0 Å². The van der Waals surface area contributed by atoms with Gasteiger partial charge in [-0.3, -0.25) is 14.7 Å². The zero-order chi connectivity index (χ0) is 12.0. The minimum absolute atomic E-state index is 0.0515. The fraction of sp³-hybridized carbons (Fsp3) is 0.500. The molecule has 88 valence electrons. The Bertz CT molecular complexity index is 327. The Morgan fingerprint density at radius 1 is 1.50 bits per heavy atom. The van der Waals surface area contributed by atoms with Gasteiger partial charge in [-0.15, -0.1) is 0 Å². The zero-order valence-electron chi connectivity index (χ0n) is 9.76. The van der Waals surface area contributed by atoms with E-state index >= 15 is 0 Å². The van der Waals surface area contributed by atoms with Crippen LogP contribution in [0.1, 0.15) is 25.8 Å². The molecule has 16 heavy (non-hydrogen) atoms. The van der Waals surface area contributed by atoms with Crippen LogP contribution in [0.25, 0.3) is 0 Å². The molecule has 0 aliphatic carbocycles. The van der Waals surface area contributed by atoms with Gasteiger partial charge in [0.25, 0.3) is 0 Å². The molecule has 1 aromatic heterocycles. The van der Waals surface area contributed by atoms with E-state index in [1.54, 1.807) is 12.4 Å². The summed E-state index contributed by atoms with van der Waals surface area (Å²) >= 11 is 0. The summed E-state index contributed by atoms with van der Waals surface area (Å²) in [6.45, 7) is 5.60. The predicted molar refractivity (Wildman–Crippen MR) is 62.0 cm³/mol. The van der Waals surface area contributed by atoms with E-state index in [1.165, 1.54) is 0 Å². The molecular weight excluding hydrogens is 204 g/mol. The van der Waals surface area contributed by atoms with Crippen LogP contribution >= 0.6 is 0 Å². The number of carboxylic acids is 1. The van der Waals surface area contributed by atoms with E-state index in [4.69, 9.17) is 5.11 Å². The Morgan fingerprint density at radius 2 is 2.12 bits per heavy atom. The van der Waals surface area contributed by atoms with Crippen molar-refractivity contribution in [1.82, 2.24) is 9.88 Å². The van der Waals surface area contributed by atoms with Crippen LogP contribution in [0.3, 0.4) is 0 Å². The third-order valence-electron chi connectivity index (χ3n) is 2.63. The van der Waals surface area contributed by atoms with Crippen LogP contribution in [0.2, 0.25) is 0 Å². The van der Waals surface area contributed by atoms with Crippen molar-refractivity contribution in [3.8, 4) is 0 Å². The van der Waals surface area contributed by atoms with Gasteiger partial charge in [0.15, 0.2) is 0 Å². The number of aromatic nitrogens is 1. The molecule has 1 atom stereocenters. The number of pyridine rings is 1. The lowest BCUT2D eigenvalue weighted by molar-refractivity contribution is -0.138. The number of carboxylic acid groups (broad SMARTS) is 1. The molecule has 0 aliphatic rings. The van der Waals surface area contributed by atoms with Crippen molar-refractivity contribution in [1.29, 1.82) is 0 Å². The van der Waals surface area contributed by atoms with E-state index in [1.807, 2.05) is 26.0 Å². The molecule has 0 saturated heterocycles. The first-order chi connectivity index (χ1) is 7.63. The Morgan fingerprint density at radius 3 is 2.62 bits per heavy atom. The summed E-state index contributed by atoms with van der Waals surface area (Å²) in [5.74, 6) is -0.749. The summed E-state index contributed by atoms with van der Waals surface area (Å²) in [7, 11) is 0. The van der Waals surface area contributed by atoms with Crippen LogP contribution in [-0.2, 0) is 11.3 Å². The summed E-state index contributed by atoms with van der Waals surface area (Å²) < 4.78 is 0. The molecule has 0 amide bonds. The second kappa shape index (κ2) is 6.23. The molecule has 1 rings (SSSR count). The lowest BCUT2D eigenvalue weighted by Gasteiger charge is -2.26. The number of aliphatic carboxylic acids is 1. The van der Waals surface area contributed by atoms with Crippen LogP contribution in [0, 0.1) is 0 Å².